The van der Waals surface area contributed by atoms with Crippen LogP contribution >= 0.6 is 0 Å². The molecule has 0 fully saturated rings. The van der Waals surface area contributed by atoms with Crippen molar-refractivity contribution in [2.24, 2.45) is 33.3 Å². The highest BCUT2D eigenvalue weighted by atomic mass is 32.2. The van der Waals surface area contributed by atoms with Crippen molar-refractivity contribution in [1.29, 1.82) is 0 Å². The Morgan fingerprint density at radius 1 is 0.971 bits per heavy atom. The van der Waals surface area contributed by atoms with E-state index < -0.39 is 47.1 Å². The first kappa shape index (κ1) is 27.9. The zero-order valence-electron chi connectivity index (χ0n) is 18.5. The van der Waals surface area contributed by atoms with E-state index in [0.717, 1.165) is 6.07 Å². The monoisotopic (exact) mass is 528 g/mol. The van der Waals surface area contributed by atoms with E-state index in [1.807, 2.05) is 5.53 Å². The Hall–Kier alpha value is -3.32. The van der Waals surface area contributed by atoms with E-state index in [2.05, 4.69) is 15.1 Å². The van der Waals surface area contributed by atoms with Crippen LogP contribution in [0.1, 0.15) is 15.9 Å². The number of anilines is 1. The Bertz CT molecular complexity index is 1340. The number of sulfonamides is 2. The van der Waals surface area contributed by atoms with Gasteiger partial charge in [-0.3, -0.25) is 4.79 Å². The second-order valence-electron chi connectivity index (χ2n) is 6.98. The van der Waals surface area contributed by atoms with Crippen molar-refractivity contribution in [2.45, 2.75) is 9.79 Å². The molecule has 0 spiro atoms. The van der Waals surface area contributed by atoms with E-state index in [1.54, 1.807) is 0 Å². The largest absolute Gasteiger partial charge is 0.398 e. The third-order valence-electron chi connectivity index (χ3n) is 4.64. The lowest BCUT2D eigenvalue weighted by atomic mass is 9.95. The number of nitrogen functional groups attached to an aromatic ring is 1. The summed E-state index contributed by atoms with van der Waals surface area (Å²) < 4.78 is 53.2. The number of benzene rings is 2. The number of amides is 1. The average Bonchev–Trinajstić information content (AvgIpc) is 2.80. The molecule has 15 N–H and O–H groups in total. The fourth-order valence-corrected chi connectivity index (χ4v) is 5.87. The quantitative estimate of drug-likeness (QED) is 0.0455. The molecule has 2 rings (SSSR count). The molecule has 0 aromatic heterocycles. The summed E-state index contributed by atoms with van der Waals surface area (Å²) in [5.41, 5.74) is 24.7. The van der Waals surface area contributed by atoms with Crippen molar-refractivity contribution in [3.8, 4) is 11.1 Å². The van der Waals surface area contributed by atoms with Crippen LogP contribution in [0.4, 0.5) is 5.69 Å². The molecular formula is C18H28N10O5S2. The number of hydrazone groups is 1. The van der Waals surface area contributed by atoms with Gasteiger partial charge in [-0.1, -0.05) is 18.2 Å². The molecule has 0 atom stereocenters. The molecule has 15 nitrogen and oxygen atoms in total. The first-order valence-electron chi connectivity index (χ1n) is 9.96. The van der Waals surface area contributed by atoms with Crippen LogP contribution in [-0.2, 0) is 20.0 Å². The van der Waals surface area contributed by atoms with E-state index in [4.69, 9.17) is 33.9 Å². The van der Waals surface area contributed by atoms with E-state index in [0.29, 0.717) is 0 Å². The lowest BCUT2D eigenvalue weighted by molar-refractivity contribution is 0.0955. The van der Waals surface area contributed by atoms with Gasteiger partial charge >= 0.3 is 0 Å². The number of para-hydroxylation sites is 1. The van der Waals surface area contributed by atoms with Crippen molar-refractivity contribution in [2.75, 3.05) is 31.9 Å². The molecule has 0 unspecified atom stereocenters. The number of nitrogens with one attached hydrogen (secondary N) is 3. The summed E-state index contributed by atoms with van der Waals surface area (Å²) >= 11 is 0. The molecule has 0 aliphatic carbocycles. The molecule has 2 aromatic carbocycles. The molecule has 0 bridgehead atoms. The van der Waals surface area contributed by atoms with Crippen molar-refractivity contribution in [1.82, 2.24) is 15.6 Å². The van der Waals surface area contributed by atoms with Gasteiger partial charge in [-0.15, -0.1) is 5.10 Å². The van der Waals surface area contributed by atoms with Crippen LogP contribution in [0, 0.1) is 0 Å². The van der Waals surface area contributed by atoms with Crippen LogP contribution < -0.4 is 49.5 Å². The number of nitrogens with zero attached hydrogens (tertiary/aromatic N) is 1. The number of hydrazine groups is 1. The van der Waals surface area contributed by atoms with Gasteiger partial charge in [0, 0.05) is 37.3 Å². The summed E-state index contributed by atoms with van der Waals surface area (Å²) in [7, 11) is -9.14. The zero-order chi connectivity index (χ0) is 26.4. The van der Waals surface area contributed by atoms with Gasteiger partial charge in [0.25, 0.3) is 5.91 Å². The highest BCUT2D eigenvalue weighted by molar-refractivity contribution is 7.92. The molecule has 1 amide bonds. The standard InChI is InChI=1S/C18H28N10O5S2/c19-6-8-25-18(29)12-3-1-2-11(15(12)21)10-4-5-13(35(32,33)26-9-7-20)16(34(24,30)31)14(10)17(22)27-28-23/h1-5,26,28H,6-9,19-21,23H2,(H2,22,27)(H,25,29)(H2,24,30,31). The summed E-state index contributed by atoms with van der Waals surface area (Å²) in [6.07, 6.45) is 0. The van der Waals surface area contributed by atoms with E-state index in [1.165, 1.54) is 24.3 Å². The first-order chi connectivity index (χ1) is 16.4. The fourth-order valence-electron chi connectivity index (χ4n) is 3.21. The second kappa shape index (κ2) is 11.4. The maximum atomic E-state index is 12.9. The van der Waals surface area contributed by atoms with Gasteiger partial charge in [0.15, 0.2) is 5.84 Å². The molecule has 0 heterocycles. The summed E-state index contributed by atoms with van der Waals surface area (Å²) in [6, 6.07) is 6.68. The van der Waals surface area contributed by atoms with Gasteiger partial charge in [-0.2, -0.15) is 0 Å². The van der Waals surface area contributed by atoms with Crippen molar-refractivity contribution in [3.05, 3.63) is 41.5 Å². The first-order valence-corrected chi connectivity index (χ1v) is 13.0. The predicted molar refractivity (Wildman–Crippen MR) is 131 cm³/mol. The lowest BCUT2D eigenvalue weighted by Gasteiger charge is -2.19. The van der Waals surface area contributed by atoms with Gasteiger partial charge in [-0.05, 0) is 17.7 Å². The van der Waals surface area contributed by atoms with Gasteiger partial charge in [0.05, 0.1) is 11.3 Å². The highest BCUT2D eigenvalue weighted by Crippen LogP contribution is 2.36. The summed E-state index contributed by atoms with van der Waals surface area (Å²) in [5.74, 6) is 4.17. The molecule has 0 aliphatic rings. The Kier molecular flexibility index (Phi) is 9.10. The van der Waals surface area contributed by atoms with Crippen molar-refractivity contribution < 1.29 is 21.6 Å². The summed E-state index contributed by atoms with van der Waals surface area (Å²) in [4.78, 5) is 11.0. The molecule has 0 radical (unpaired) electrons. The number of hydrogen-bond donors (Lipinski definition) is 9. The molecule has 0 saturated carbocycles. The van der Waals surface area contributed by atoms with Gasteiger partial charge in [-0.25, -0.2) is 38.1 Å². The minimum Gasteiger partial charge on any atom is -0.398 e. The normalized spacial score (nSPS) is 12.4. The second-order valence-corrected chi connectivity index (χ2v) is 10.2. The maximum Gasteiger partial charge on any atom is 0.253 e. The van der Waals surface area contributed by atoms with Crippen LogP contribution in [-0.4, -0.2) is 54.8 Å². The zero-order valence-corrected chi connectivity index (χ0v) is 20.1. The Balaban J connectivity index is 2.97. The summed E-state index contributed by atoms with van der Waals surface area (Å²) in [5, 5.41) is 11.6. The molecule has 2 aromatic rings. The number of primary sulfonamides is 1. The highest BCUT2D eigenvalue weighted by Gasteiger charge is 2.32. The van der Waals surface area contributed by atoms with Crippen LogP contribution in [0.5, 0.6) is 0 Å². The van der Waals surface area contributed by atoms with Crippen LogP contribution in [0.15, 0.2) is 45.2 Å². The van der Waals surface area contributed by atoms with E-state index in [9.17, 15) is 21.6 Å². The molecule has 17 heteroatoms. The topological polar surface area (TPSA) is 290 Å². The predicted octanol–water partition coefficient (Wildman–Crippen LogP) is -3.41. The number of rotatable bonds is 11. The van der Waals surface area contributed by atoms with Crippen LogP contribution in [0.25, 0.3) is 11.1 Å². The Labute approximate surface area is 202 Å². The lowest BCUT2D eigenvalue weighted by Crippen LogP contribution is -2.33. The fraction of sp³-hybridized carbons (Fsp3) is 0.222. The molecule has 0 aliphatic heterocycles. The third kappa shape index (κ3) is 6.22. The average molecular weight is 529 g/mol. The number of hydrogen-bond acceptors (Lipinski definition) is 11. The number of carbonyl (C=O) groups is 1. The minimum absolute atomic E-state index is 0.0225. The summed E-state index contributed by atoms with van der Waals surface area (Å²) in [6.45, 7) is 0.156. The van der Waals surface area contributed by atoms with Crippen LogP contribution in [0.2, 0.25) is 0 Å². The molecule has 0 saturated heterocycles. The van der Waals surface area contributed by atoms with Crippen molar-refractivity contribution in [3.63, 3.8) is 0 Å². The Morgan fingerprint density at radius 3 is 2.20 bits per heavy atom. The van der Waals surface area contributed by atoms with Gasteiger partial charge in [0.1, 0.15) is 9.79 Å². The van der Waals surface area contributed by atoms with E-state index >= 15 is 0 Å². The number of nitrogens with two attached hydrogens (primary N) is 6. The van der Waals surface area contributed by atoms with Crippen LogP contribution in [0.3, 0.4) is 0 Å². The smallest absolute Gasteiger partial charge is 0.253 e. The minimum atomic E-state index is -4.73. The van der Waals surface area contributed by atoms with Gasteiger partial charge in [0.2, 0.25) is 20.0 Å². The molecule has 35 heavy (non-hydrogen) atoms. The number of amidine groups is 1. The third-order valence-corrected chi connectivity index (χ3v) is 7.27. The molecular weight excluding hydrogens is 500 g/mol. The van der Waals surface area contributed by atoms with Crippen molar-refractivity contribution >= 4 is 37.5 Å². The Morgan fingerprint density at radius 2 is 1.63 bits per heavy atom. The maximum absolute atomic E-state index is 12.9. The van der Waals surface area contributed by atoms with E-state index in [-0.39, 0.29) is 48.6 Å². The number of carbonyl (C=O) groups excluding carboxylic acids is 1. The molecule has 192 valence electrons. The SMILES string of the molecule is NCCNC(=O)c1cccc(-c2ccc(S(=O)(=O)NCCN)c(S(N)(=O)=O)c2/C(N)=N/NN)c1N. The van der Waals surface area contributed by atoms with Gasteiger partial charge < -0.3 is 28.3 Å².